The summed E-state index contributed by atoms with van der Waals surface area (Å²) in [5.41, 5.74) is 2.83. The highest BCUT2D eigenvalue weighted by atomic mass is 35.5. The molecule has 2 aromatic carbocycles. The number of rotatable bonds is 4. The Balaban J connectivity index is 1.29. The van der Waals surface area contributed by atoms with Crippen molar-refractivity contribution in [3.63, 3.8) is 0 Å². The lowest BCUT2D eigenvalue weighted by Gasteiger charge is -2.36. The number of nitrogens with zero attached hydrogens (tertiary/aromatic N) is 4. The minimum absolute atomic E-state index is 0.269. The van der Waals surface area contributed by atoms with Crippen LogP contribution in [0.3, 0.4) is 0 Å². The van der Waals surface area contributed by atoms with Gasteiger partial charge in [0.2, 0.25) is 17.5 Å². The second-order valence-electron chi connectivity index (χ2n) is 7.63. The Labute approximate surface area is 175 Å². The predicted molar refractivity (Wildman–Crippen MR) is 114 cm³/mol. The third-order valence-electron chi connectivity index (χ3n) is 5.81. The van der Waals surface area contributed by atoms with E-state index in [9.17, 15) is 5.26 Å². The summed E-state index contributed by atoms with van der Waals surface area (Å²) in [4.78, 5) is 8.97. The molecule has 3 aromatic rings. The van der Waals surface area contributed by atoms with E-state index in [0.717, 1.165) is 43.3 Å². The molecule has 2 fully saturated rings. The molecular formula is C23H21ClN4O. The second-order valence-corrected chi connectivity index (χ2v) is 8.07. The highest BCUT2D eigenvalue weighted by Gasteiger charge is 2.44. The van der Waals surface area contributed by atoms with E-state index < -0.39 is 0 Å². The molecule has 5 nitrogen and oxygen atoms in total. The van der Waals surface area contributed by atoms with Crippen molar-refractivity contribution in [2.45, 2.75) is 18.3 Å². The molecule has 2 heterocycles. The van der Waals surface area contributed by atoms with Crippen LogP contribution >= 0.6 is 11.6 Å². The number of benzene rings is 2. The topological polar surface area (TPSA) is 56.3 Å². The SMILES string of the molecule is N#Cc1nc(C2CC2c2ccccc2)oc1N1CCN(c2cccc(Cl)c2)CC1. The number of hydrogen-bond donors (Lipinski definition) is 0. The Hall–Kier alpha value is -2.97. The van der Waals surface area contributed by atoms with Crippen LogP contribution in [0.25, 0.3) is 0 Å². The Morgan fingerprint density at radius 2 is 1.72 bits per heavy atom. The molecule has 0 radical (unpaired) electrons. The van der Waals surface area contributed by atoms with Gasteiger partial charge >= 0.3 is 0 Å². The molecule has 0 amide bonds. The van der Waals surface area contributed by atoms with E-state index in [1.165, 1.54) is 5.56 Å². The van der Waals surface area contributed by atoms with Crippen molar-refractivity contribution in [2.75, 3.05) is 36.0 Å². The molecule has 1 aliphatic heterocycles. The van der Waals surface area contributed by atoms with Gasteiger partial charge in [-0.3, -0.25) is 0 Å². The first-order chi connectivity index (χ1) is 14.2. The summed E-state index contributed by atoms with van der Waals surface area (Å²) in [5, 5.41) is 10.3. The van der Waals surface area contributed by atoms with Crippen molar-refractivity contribution in [3.8, 4) is 6.07 Å². The Bertz CT molecular complexity index is 1050. The Morgan fingerprint density at radius 1 is 0.966 bits per heavy atom. The van der Waals surface area contributed by atoms with Gasteiger partial charge in [0.05, 0.1) is 0 Å². The van der Waals surface area contributed by atoms with Gasteiger partial charge < -0.3 is 14.2 Å². The van der Waals surface area contributed by atoms with E-state index >= 15 is 0 Å². The van der Waals surface area contributed by atoms with Gasteiger partial charge in [-0.15, -0.1) is 0 Å². The van der Waals surface area contributed by atoms with Crippen LogP contribution in [0.5, 0.6) is 0 Å². The lowest BCUT2D eigenvalue weighted by Crippen LogP contribution is -2.46. The highest BCUT2D eigenvalue weighted by Crippen LogP contribution is 2.54. The zero-order valence-corrected chi connectivity index (χ0v) is 16.7. The van der Waals surface area contributed by atoms with Gasteiger partial charge in [-0.25, -0.2) is 4.98 Å². The van der Waals surface area contributed by atoms with Crippen molar-refractivity contribution < 1.29 is 4.42 Å². The van der Waals surface area contributed by atoms with Crippen molar-refractivity contribution >= 4 is 23.2 Å². The molecule has 5 rings (SSSR count). The quantitative estimate of drug-likeness (QED) is 0.625. The van der Waals surface area contributed by atoms with Crippen molar-refractivity contribution in [1.29, 1.82) is 5.26 Å². The van der Waals surface area contributed by atoms with E-state index in [4.69, 9.17) is 16.0 Å². The van der Waals surface area contributed by atoms with Crippen LogP contribution in [0.1, 0.15) is 35.4 Å². The molecule has 29 heavy (non-hydrogen) atoms. The van der Waals surface area contributed by atoms with Crippen molar-refractivity contribution in [2.24, 2.45) is 0 Å². The van der Waals surface area contributed by atoms with Crippen LogP contribution in [-0.2, 0) is 0 Å². The first-order valence-electron chi connectivity index (χ1n) is 9.94. The molecule has 1 aliphatic carbocycles. The van der Waals surface area contributed by atoms with Gasteiger partial charge in [0.25, 0.3) is 0 Å². The minimum Gasteiger partial charge on any atom is -0.423 e. The minimum atomic E-state index is 0.269. The van der Waals surface area contributed by atoms with Crippen LogP contribution < -0.4 is 9.80 Å². The maximum atomic E-state index is 9.58. The largest absolute Gasteiger partial charge is 0.423 e. The molecule has 1 saturated heterocycles. The Kier molecular flexibility index (Phi) is 4.65. The summed E-state index contributed by atoms with van der Waals surface area (Å²) in [6.07, 6.45) is 1.03. The summed E-state index contributed by atoms with van der Waals surface area (Å²) in [6.45, 7) is 3.25. The van der Waals surface area contributed by atoms with E-state index in [2.05, 4.69) is 51.2 Å². The highest BCUT2D eigenvalue weighted by molar-refractivity contribution is 6.30. The zero-order valence-electron chi connectivity index (χ0n) is 16.0. The van der Waals surface area contributed by atoms with Crippen LogP contribution in [0.4, 0.5) is 11.6 Å². The fourth-order valence-electron chi connectivity index (χ4n) is 4.15. The van der Waals surface area contributed by atoms with Gasteiger partial charge in [-0.05, 0) is 36.1 Å². The molecule has 1 aromatic heterocycles. The van der Waals surface area contributed by atoms with Gasteiger partial charge in [0, 0.05) is 42.8 Å². The van der Waals surface area contributed by atoms with Crippen LogP contribution in [0, 0.1) is 11.3 Å². The number of halogens is 1. The number of piperazine rings is 1. The molecule has 2 atom stereocenters. The van der Waals surface area contributed by atoms with Gasteiger partial charge in [0.15, 0.2) is 0 Å². The number of nitriles is 1. The molecule has 2 aliphatic rings. The van der Waals surface area contributed by atoms with Crippen LogP contribution in [-0.4, -0.2) is 31.2 Å². The lowest BCUT2D eigenvalue weighted by molar-refractivity contribution is 0.476. The van der Waals surface area contributed by atoms with Gasteiger partial charge in [-0.1, -0.05) is 48.0 Å². The smallest absolute Gasteiger partial charge is 0.234 e. The van der Waals surface area contributed by atoms with E-state index in [0.29, 0.717) is 23.4 Å². The fourth-order valence-corrected chi connectivity index (χ4v) is 4.34. The standard InChI is InChI=1S/C23H21ClN4O/c24-17-7-4-8-18(13-17)27-9-11-28(12-10-27)23-21(15-25)26-22(29-23)20-14-19(20)16-5-2-1-3-6-16/h1-8,13,19-20H,9-12,14H2. The normalized spacial score (nSPS) is 21.1. The molecule has 2 unspecified atom stereocenters. The van der Waals surface area contributed by atoms with Crippen LogP contribution in [0.2, 0.25) is 5.02 Å². The average molecular weight is 405 g/mol. The van der Waals surface area contributed by atoms with Gasteiger partial charge in [0.1, 0.15) is 6.07 Å². The molecule has 1 saturated carbocycles. The lowest BCUT2D eigenvalue weighted by atomic mass is 10.1. The third kappa shape index (κ3) is 3.56. The van der Waals surface area contributed by atoms with E-state index in [1.807, 2.05) is 24.3 Å². The summed E-state index contributed by atoms with van der Waals surface area (Å²) in [7, 11) is 0. The molecule has 0 bridgehead atoms. The first-order valence-corrected chi connectivity index (χ1v) is 10.3. The molecule has 146 valence electrons. The summed E-state index contributed by atoms with van der Waals surface area (Å²) < 4.78 is 6.13. The Morgan fingerprint density at radius 3 is 2.45 bits per heavy atom. The molecule has 0 spiro atoms. The van der Waals surface area contributed by atoms with E-state index in [1.54, 1.807) is 0 Å². The molecule has 0 N–H and O–H groups in total. The second kappa shape index (κ2) is 7.46. The summed E-state index contributed by atoms with van der Waals surface area (Å²) in [5.74, 6) is 2.02. The van der Waals surface area contributed by atoms with Crippen molar-refractivity contribution in [3.05, 3.63) is 76.8 Å². The maximum absolute atomic E-state index is 9.58. The maximum Gasteiger partial charge on any atom is 0.234 e. The fraction of sp³-hybridized carbons (Fsp3) is 0.304. The number of oxazole rings is 1. The van der Waals surface area contributed by atoms with E-state index in [-0.39, 0.29) is 5.92 Å². The number of aromatic nitrogens is 1. The van der Waals surface area contributed by atoms with Crippen LogP contribution in [0.15, 0.2) is 59.0 Å². The third-order valence-corrected chi connectivity index (χ3v) is 6.04. The first kappa shape index (κ1) is 18.1. The molecule has 6 heteroatoms. The predicted octanol–water partition coefficient (Wildman–Crippen LogP) is 4.80. The zero-order chi connectivity index (χ0) is 19.8. The van der Waals surface area contributed by atoms with Crippen molar-refractivity contribution in [1.82, 2.24) is 4.98 Å². The average Bonchev–Trinajstić information content (AvgIpc) is 3.46. The summed E-state index contributed by atoms with van der Waals surface area (Å²) >= 11 is 6.13. The summed E-state index contributed by atoms with van der Waals surface area (Å²) in [6, 6.07) is 20.6. The number of anilines is 2. The monoisotopic (exact) mass is 404 g/mol. The number of hydrogen-bond acceptors (Lipinski definition) is 5. The van der Waals surface area contributed by atoms with Gasteiger partial charge in [-0.2, -0.15) is 5.26 Å². The molecular weight excluding hydrogens is 384 g/mol.